The number of aliphatic hydroxyl groups excluding tert-OH is 4. The summed E-state index contributed by atoms with van der Waals surface area (Å²) in [6.45, 7) is 3.39. The molecule has 1 aliphatic heterocycles. The second-order valence-corrected chi connectivity index (χ2v) is 14.8. The van der Waals surface area contributed by atoms with Crippen molar-refractivity contribution in [2.24, 2.45) is 0 Å². The first-order valence-corrected chi connectivity index (χ1v) is 21.1. The van der Waals surface area contributed by atoms with Crippen LogP contribution in [0.5, 0.6) is 0 Å². The average molecular weight is 731 g/mol. The number of aliphatic hydroxyl groups is 4. The molecule has 0 amide bonds. The Balaban J connectivity index is 2.26. The van der Waals surface area contributed by atoms with Gasteiger partial charge in [-0.05, 0) is 12.8 Å². The van der Waals surface area contributed by atoms with E-state index in [2.05, 4.69) is 13.8 Å². The van der Waals surface area contributed by atoms with E-state index in [-0.39, 0.29) is 32.0 Å². The monoisotopic (exact) mass is 731 g/mol. The van der Waals surface area contributed by atoms with Gasteiger partial charge in [0.2, 0.25) is 0 Å². The van der Waals surface area contributed by atoms with Gasteiger partial charge in [0.25, 0.3) is 0 Å². The highest BCUT2D eigenvalue weighted by molar-refractivity contribution is 5.70. The number of carbonyl (C=O) groups excluding carboxylic acids is 2. The Morgan fingerprint density at radius 3 is 1.33 bits per heavy atom. The summed E-state index contributed by atoms with van der Waals surface area (Å²) in [6, 6.07) is 0. The maximum atomic E-state index is 12.7. The summed E-state index contributed by atoms with van der Waals surface area (Å²) in [5.41, 5.74) is 0. The van der Waals surface area contributed by atoms with Gasteiger partial charge < -0.3 is 39.4 Å². The Kier molecular flexibility index (Phi) is 31.1. The molecule has 10 heteroatoms. The molecule has 0 radical (unpaired) electrons. The Bertz CT molecular complexity index is 809. The van der Waals surface area contributed by atoms with Gasteiger partial charge in [-0.1, -0.05) is 168 Å². The average Bonchev–Trinajstić information content (AvgIpc) is 3.13. The van der Waals surface area contributed by atoms with Crippen LogP contribution in [0.3, 0.4) is 0 Å². The topological polar surface area (TPSA) is 152 Å². The quantitative estimate of drug-likeness (QED) is 0.0371. The number of ether oxygens (including phenoxy) is 4. The number of esters is 2. The molecule has 6 atom stereocenters. The number of rotatable bonds is 35. The molecule has 10 nitrogen and oxygen atoms in total. The maximum absolute atomic E-state index is 12.7. The Morgan fingerprint density at radius 1 is 0.529 bits per heavy atom. The molecule has 0 aliphatic carbocycles. The Hall–Kier alpha value is -1.30. The van der Waals surface area contributed by atoms with Gasteiger partial charge in [-0.25, -0.2) is 0 Å². The lowest BCUT2D eigenvalue weighted by Crippen LogP contribution is -2.59. The molecule has 0 aromatic rings. The summed E-state index contributed by atoms with van der Waals surface area (Å²) >= 11 is 0. The molecular formula is C41H78O10. The van der Waals surface area contributed by atoms with Gasteiger partial charge in [-0.2, -0.15) is 0 Å². The van der Waals surface area contributed by atoms with Crippen molar-refractivity contribution in [3.05, 3.63) is 0 Å². The fourth-order valence-corrected chi connectivity index (χ4v) is 6.60. The van der Waals surface area contributed by atoms with Crippen LogP contribution in [0, 0.1) is 0 Å². The molecule has 302 valence electrons. The minimum absolute atomic E-state index is 0.211. The maximum Gasteiger partial charge on any atom is 0.306 e. The number of hydrogen-bond acceptors (Lipinski definition) is 10. The normalized spacial score (nSPS) is 21.1. The van der Waals surface area contributed by atoms with Crippen LogP contribution in [0.4, 0.5) is 0 Å². The number of hydrogen-bond donors (Lipinski definition) is 4. The zero-order valence-corrected chi connectivity index (χ0v) is 32.6. The third-order valence-electron chi connectivity index (χ3n) is 9.99. The number of unbranched alkanes of at least 4 members (excludes halogenated alkanes) is 24. The minimum atomic E-state index is -1.59. The largest absolute Gasteiger partial charge is 0.462 e. The fraction of sp³-hybridized carbons (Fsp3) is 0.951. The highest BCUT2D eigenvalue weighted by Crippen LogP contribution is 2.23. The standard InChI is InChI=1S/C41H78O10/c1-3-5-7-9-11-12-13-14-15-16-17-18-19-20-21-22-24-26-28-30-37(44)50-34(32-48-36(43)29-27-25-23-10-8-6-4-2)33-49-41-40(47)39(46)38(45)35(31-42)51-41/h34-35,38-42,45-47H,3-33H2,1-2H3. The fourth-order valence-electron chi connectivity index (χ4n) is 6.60. The third kappa shape index (κ3) is 25.4. The molecule has 1 rings (SSSR count). The molecule has 0 saturated carbocycles. The van der Waals surface area contributed by atoms with E-state index >= 15 is 0 Å². The van der Waals surface area contributed by atoms with Crippen molar-refractivity contribution in [2.45, 2.75) is 230 Å². The SMILES string of the molecule is CCCCCCCCCCCCCCCCCCCCCC(=O)OC(COC(=O)CCCCCCCCC)COC1OC(CO)C(O)C(O)C1O. The van der Waals surface area contributed by atoms with Crippen molar-refractivity contribution in [1.29, 1.82) is 0 Å². The molecular weight excluding hydrogens is 652 g/mol. The third-order valence-corrected chi connectivity index (χ3v) is 9.99. The molecule has 6 unspecified atom stereocenters. The van der Waals surface area contributed by atoms with E-state index in [4.69, 9.17) is 18.9 Å². The molecule has 0 spiro atoms. The van der Waals surface area contributed by atoms with Crippen LogP contribution < -0.4 is 0 Å². The summed E-state index contributed by atoms with van der Waals surface area (Å²) in [6.07, 6.45) is 24.2. The van der Waals surface area contributed by atoms with Crippen LogP contribution in [-0.4, -0.2) is 89.0 Å². The lowest BCUT2D eigenvalue weighted by Gasteiger charge is -2.39. The van der Waals surface area contributed by atoms with Gasteiger partial charge in [-0.3, -0.25) is 9.59 Å². The predicted octanol–water partition coefficient (Wildman–Crippen LogP) is 8.22. The molecule has 1 heterocycles. The lowest BCUT2D eigenvalue weighted by molar-refractivity contribution is -0.305. The first-order valence-electron chi connectivity index (χ1n) is 21.1. The van der Waals surface area contributed by atoms with Crippen molar-refractivity contribution in [3.63, 3.8) is 0 Å². The van der Waals surface area contributed by atoms with E-state index < -0.39 is 49.4 Å². The lowest BCUT2D eigenvalue weighted by atomic mass is 9.99. The van der Waals surface area contributed by atoms with E-state index in [1.54, 1.807) is 0 Å². The zero-order valence-electron chi connectivity index (χ0n) is 32.6. The van der Waals surface area contributed by atoms with E-state index in [1.807, 2.05) is 0 Å². The molecule has 0 aromatic heterocycles. The van der Waals surface area contributed by atoms with E-state index in [0.29, 0.717) is 6.42 Å². The van der Waals surface area contributed by atoms with Crippen LogP contribution in [-0.2, 0) is 28.5 Å². The van der Waals surface area contributed by atoms with Crippen molar-refractivity contribution in [1.82, 2.24) is 0 Å². The molecule has 51 heavy (non-hydrogen) atoms. The summed E-state index contributed by atoms with van der Waals surface area (Å²) in [4.78, 5) is 25.1. The van der Waals surface area contributed by atoms with E-state index in [1.165, 1.54) is 116 Å². The highest BCUT2D eigenvalue weighted by atomic mass is 16.7. The summed E-state index contributed by atoms with van der Waals surface area (Å²) in [7, 11) is 0. The van der Waals surface area contributed by atoms with Crippen molar-refractivity contribution in [2.75, 3.05) is 19.8 Å². The Labute approximate surface area is 310 Å². The highest BCUT2D eigenvalue weighted by Gasteiger charge is 2.44. The minimum Gasteiger partial charge on any atom is -0.462 e. The van der Waals surface area contributed by atoms with E-state index in [9.17, 15) is 30.0 Å². The Morgan fingerprint density at radius 2 is 0.922 bits per heavy atom. The van der Waals surface area contributed by atoms with Crippen LogP contribution in [0.25, 0.3) is 0 Å². The van der Waals surface area contributed by atoms with Crippen LogP contribution in [0.2, 0.25) is 0 Å². The molecule has 0 bridgehead atoms. The van der Waals surface area contributed by atoms with Gasteiger partial charge in [0.05, 0.1) is 13.2 Å². The van der Waals surface area contributed by atoms with Gasteiger partial charge in [0, 0.05) is 12.8 Å². The molecule has 1 fully saturated rings. The summed E-state index contributed by atoms with van der Waals surface area (Å²) in [5.74, 6) is -0.802. The predicted molar refractivity (Wildman–Crippen MR) is 201 cm³/mol. The van der Waals surface area contributed by atoms with Gasteiger partial charge in [0.15, 0.2) is 12.4 Å². The van der Waals surface area contributed by atoms with Gasteiger partial charge in [-0.15, -0.1) is 0 Å². The van der Waals surface area contributed by atoms with Crippen molar-refractivity contribution < 1.29 is 49.0 Å². The second-order valence-electron chi connectivity index (χ2n) is 14.8. The first-order chi connectivity index (χ1) is 24.8. The van der Waals surface area contributed by atoms with Crippen molar-refractivity contribution in [3.8, 4) is 0 Å². The van der Waals surface area contributed by atoms with Crippen LogP contribution >= 0.6 is 0 Å². The molecule has 0 aromatic carbocycles. The summed E-state index contributed by atoms with van der Waals surface area (Å²) in [5, 5.41) is 39.9. The van der Waals surface area contributed by atoms with Gasteiger partial charge in [0.1, 0.15) is 31.0 Å². The first kappa shape index (κ1) is 47.7. The second kappa shape index (κ2) is 33.3. The van der Waals surface area contributed by atoms with E-state index in [0.717, 1.165) is 44.9 Å². The summed E-state index contributed by atoms with van der Waals surface area (Å²) < 4.78 is 22.0. The van der Waals surface area contributed by atoms with Gasteiger partial charge >= 0.3 is 11.9 Å². The smallest absolute Gasteiger partial charge is 0.306 e. The number of carbonyl (C=O) groups is 2. The van der Waals surface area contributed by atoms with Crippen molar-refractivity contribution >= 4 is 11.9 Å². The van der Waals surface area contributed by atoms with Crippen LogP contribution in [0.1, 0.15) is 194 Å². The van der Waals surface area contributed by atoms with Crippen LogP contribution in [0.15, 0.2) is 0 Å². The molecule has 1 saturated heterocycles. The zero-order chi connectivity index (χ0) is 37.4. The molecule has 1 aliphatic rings. The molecule has 4 N–H and O–H groups in total.